The Hall–Kier alpha value is -4.48. The molecule has 10 nitrogen and oxygen atoms in total. The van der Waals surface area contributed by atoms with E-state index in [0.717, 1.165) is 48.3 Å². The van der Waals surface area contributed by atoms with Crippen molar-refractivity contribution in [2.75, 3.05) is 20.2 Å². The number of nitrogens with one attached hydrogen (secondary N) is 2. The Morgan fingerprint density at radius 3 is 1.86 bits per heavy atom. The molecule has 1 aliphatic carbocycles. The fraction of sp³-hybridized carbons (Fsp3) is 0.415. The molecule has 3 aromatic carbocycles. The summed E-state index contributed by atoms with van der Waals surface area (Å²) < 4.78 is 6.04. The van der Waals surface area contributed by atoms with Gasteiger partial charge in [-0.15, -0.1) is 0 Å². The Labute approximate surface area is 303 Å². The van der Waals surface area contributed by atoms with E-state index < -0.39 is 0 Å². The van der Waals surface area contributed by atoms with Crippen molar-refractivity contribution in [2.45, 2.75) is 86.7 Å². The molecule has 1 atom stereocenters. The Kier molecular flexibility index (Phi) is 20.8. The Morgan fingerprint density at radius 2 is 1.41 bits per heavy atom. The molecule has 3 amide bonds. The molecule has 0 fully saturated rings. The van der Waals surface area contributed by atoms with Crippen LogP contribution in [0.1, 0.15) is 112 Å². The first-order chi connectivity index (χ1) is 24.5. The summed E-state index contributed by atoms with van der Waals surface area (Å²) in [6.45, 7) is 15.8. The van der Waals surface area contributed by atoms with E-state index in [2.05, 4.69) is 71.0 Å². The van der Waals surface area contributed by atoms with Crippen LogP contribution in [0.3, 0.4) is 0 Å². The number of aryl methyl sites for hydroxylation is 1. The number of ether oxygens (including phenoxy) is 1. The third-order valence-corrected chi connectivity index (χ3v) is 8.55. The molecule has 0 saturated heterocycles. The highest BCUT2D eigenvalue weighted by atomic mass is 16.5. The monoisotopic (exact) mass is 703 g/mol. The quantitative estimate of drug-likeness (QED) is 0.0485. The van der Waals surface area contributed by atoms with Crippen LogP contribution in [0.4, 0.5) is 0 Å². The maximum atomic E-state index is 12.6. The van der Waals surface area contributed by atoms with E-state index in [1.807, 2.05) is 50.2 Å². The second-order valence-electron chi connectivity index (χ2n) is 12.2. The van der Waals surface area contributed by atoms with Gasteiger partial charge in [-0.2, -0.15) is 0 Å². The average Bonchev–Trinajstić information content (AvgIpc) is 3.41. The SMILES string of the molecule is CC.CC1=CC=C(C(OCCC=O)c2ccc(C)cc2)C1(C)C.CCCCCCN1C(=O)c2cccc3cccc(c23)C1=O.CNO.O=CNO. The summed E-state index contributed by atoms with van der Waals surface area (Å²) in [4.78, 5) is 46.0. The lowest BCUT2D eigenvalue weighted by molar-refractivity contribution is -0.116. The van der Waals surface area contributed by atoms with Gasteiger partial charge in [0.1, 0.15) is 12.4 Å². The van der Waals surface area contributed by atoms with E-state index in [1.165, 1.54) is 34.1 Å². The molecule has 1 unspecified atom stereocenters. The minimum Gasteiger partial charge on any atom is -0.369 e. The smallest absolute Gasteiger partial charge is 0.261 e. The highest BCUT2D eigenvalue weighted by molar-refractivity contribution is 6.25. The van der Waals surface area contributed by atoms with Crippen LogP contribution in [0.25, 0.3) is 10.8 Å². The number of nitrogens with zero attached hydrogens (tertiary/aromatic N) is 1. The fourth-order valence-corrected chi connectivity index (χ4v) is 5.60. The van der Waals surface area contributed by atoms with Gasteiger partial charge in [-0.05, 0) is 48.9 Å². The highest BCUT2D eigenvalue weighted by Gasteiger charge is 2.35. The van der Waals surface area contributed by atoms with Crippen LogP contribution in [0.2, 0.25) is 0 Å². The molecular weight excluding hydrogens is 646 g/mol. The van der Waals surface area contributed by atoms with Crippen molar-refractivity contribution in [3.63, 3.8) is 0 Å². The maximum absolute atomic E-state index is 12.6. The van der Waals surface area contributed by atoms with Crippen molar-refractivity contribution in [2.24, 2.45) is 5.41 Å². The summed E-state index contributed by atoms with van der Waals surface area (Å²) in [5.41, 5.74) is 9.28. The van der Waals surface area contributed by atoms with Crippen LogP contribution < -0.4 is 11.0 Å². The van der Waals surface area contributed by atoms with Crippen LogP contribution >= 0.6 is 0 Å². The summed E-state index contributed by atoms with van der Waals surface area (Å²) in [5.74, 6) is -0.304. The lowest BCUT2D eigenvalue weighted by Gasteiger charge is -2.31. The molecule has 1 aliphatic heterocycles. The fourth-order valence-electron chi connectivity index (χ4n) is 5.60. The molecule has 0 bridgehead atoms. The van der Waals surface area contributed by atoms with E-state index in [9.17, 15) is 14.4 Å². The van der Waals surface area contributed by atoms with E-state index in [-0.39, 0.29) is 29.7 Å². The number of unbranched alkanes of at least 4 members (excludes halogenated alkanes) is 3. The predicted octanol–water partition coefficient (Wildman–Crippen LogP) is 8.31. The molecular formula is C41H57N3O7. The standard InChI is InChI=1S/C19H24O2.C18H19NO2.C2H6.CH3NO2.CH5NO/c1-14-6-9-16(10-7-14)18(21-13-5-12-20)17-11-8-15(2)19(17,3)4;1-2-3-4-5-12-19-17(20)14-10-6-8-13-9-7-11-15(16(13)14)18(19)21;1-2;3-1-2-4;1-2-3/h6-12,18H,5,13H2,1-4H3;6-11H,2-5,12H2,1H3;1-2H3;1,4H,(H,2,3);2-3H,1H3. The molecule has 2 aliphatic rings. The van der Waals surface area contributed by atoms with Crippen molar-refractivity contribution in [1.29, 1.82) is 0 Å². The molecule has 1 heterocycles. The zero-order valence-electron chi connectivity index (χ0n) is 31.5. The topological polar surface area (TPSA) is 145 Å². The molecule has 0 radical (unpaired) electrons. The number of imide groups is 1. The van der Waals surface area contributed by atoms with Crippen molar-refractivity contribution < 1.29 is 34.3 Å². The lowest BCUT2D eigenvalue weighted by atomic mass is 9.77. The van der Waals surface area contributed by atoms with Crippen LogP contribution in [0.15, 0.2) is 84.0 Å². The summed E-state index contributed by atoms with van der Waals surface area (Å²) in [7, 11) is 1.43. The molecule has 0 spiro atoms. The second kappa shape index (κ2) is 23.8. The Bertz CT molecular complexity index is 1550. The zero-order chi connectivity index (χ0) is 38.4. The lowest BCUT2D eigenvalue weighted by Crippen LogP contribution is -2.40. The predicted molar refractivity (Wildman–Crippen MR) is 203 cm³/mol. The zero-order valence-corrected chi connectivity index (χ0v) is 31.5. The van der Waals surface area contributed by atoms with Gasteiger partial charge in [0.05, 0.1) is 6.61 Å². The average molecular weight is 704 g/mol. The van der Waals surface area contributed by atoms with Crippen molar-refractivity contribution in [3.05, 3.63) is 106 Å². The molecule has 5 rings (SSSR count). The maximum Gasteiger partial charge on any atom is 0.261 e. The van der Waals surface area contributed by atoms with Crippen LogP contribution in [0, 0.1) is 12.3 Å². The highest BCUT2D eigenvalue weighted by Crippen LogP contribution is 2.46. The number of hydroxylamine groups is 2. The number of hydrogen-bond acceptors (Lipinski definition) is 8. The van der Waals surface area contributed by atoms with Gasteiger partial charge in [-0.3, -0.25) is 24.5 Å². The van der Waals surface area contributed by atoms with Crippen molar-refractivity contribution >= 4 is 35.3 Å². The van der Waals surface area contributed by atoms with Gasteiger partial charge in [0.25, 0.3) is 11.8 Å². The minimum absolute atomic E-state index is 0.00324. The summed E-state index contributed by atoms with van der Waals surface area (Å²) in [6.07, 6.45) is 9.98. The Balaban J connectivity index is 0.000000415. The van der Waals surface area contributed by atoms with E-state index in [4.69, 9.17) is 19.9 Å². The van der Waals surface area contributed by atoms with Gasteiger partial charge in [0.2, 0.25) is 6.41 Å². The molecule has 3 aromatic rings. The number of carbonyl (C=O) groups is 4. The van der Waals surface area contributed by atoms with Gasteiger partial charge in [-0.1, -0.05) is 126 Å². The van der Waals surface area contributed by atoms with Gasteiger partial charge < -0.3 is 14.7 Å². The normalized spacial score (nSPS) is 14.1. The van der Waals surface area contributed by atoms with Crippen LogP contribution in [0.5, 0.6) is 0 Å². The summed E-state index contributed by atoms with van der Waals surface area (Å²) >= 11 is 0. The number of carbonyl (C=O) groups excluding carboxylic acids is 4. The first kappa shape index (κ1) is 44.5. The van der Waals surface area contributed by atoms with E-state index in [0.29, 0.717) is 30.7 Å². The van der Waals surface area contributed by atoms with Gasteiger partial charge in [0, 0.05) is 41.9 Å². The number of aldehydes is 1. The van der Waals surface area contributed by atoms with Crippen LogP contribution in [-0.4, -0.2) is 60.0 Å². The van der Waals surface area contributed by atoms with Crippen molar-refractivity contribution in [3.8, 4) is 0 Å². The number of amides is 3. The number of rotatable bonds is 12. The molecule has 10 heteroatoms. The second-order valence-corrected chi connectivity index (χ2v) is 12.2. The van der Waals surface area contributed by atoms with Gasteiger partial charge in [0.15, 0.2) is 0 Å². The Morgan fingerprint density at radius 1 is 0.863 bits per heavy atom. The van der Waals surface area contributed by atoms with Crippen molar-refractivity contribution in [1.82, 2.24) is 15.9 Å². The molecule has 51 heavy (non-hydrogen) atoms. The molecule has 4 N–H and O–H groups in total. The largest absolute Gasteiger partial charge is 0.369 e. The van der Waals surface area contributed by atoms with Crippen LogP contribution in [-0.2, 0) is 14.3 Å². The molecule has 0 saturated carbocycles. The van der Waals surface area contributed by atoms with E-state index >= 15 is 0 Å². The molecule has 0 aromatic heterocycles. The number of hydrogen-bond donors (Lipinski definition) is 4. The first-order valence-electron chi connectivity index (χ1n) is 17.6. The number of allylic oxidation sites excluding steroid dienone is 3. The third-order valence-electron chi connectivity index (χ3n) is 8.55. The minimum atomic E-state index is -0.152. The summed E-state index contributed by atoms with van der Waals surface area (Å²) in [5, 5.41) is 16.3. The van der Waals surface area contributed by atoms with E-state index in [1.54, 1.807) is 5.48 Å². The number of benzene rings is 3. The third kappa shape index (κ3) is 12.7. The van der Waals surface area contributed by atoms with Gasteiger partial charge >= 0.3 is 0 Å². The summed E-state index contributed by atoms with van der Waals surface area (Å²) in [6, 6.07) is 19.7. The van der Waals surface area contributed by atoms with Gasteiger partial charge in [-0.25, -0.2) is 11.0 Å². The first-order valence-corrected chi connectivity index (χ1v) is 17.6. The molecule has 278 valence electrons.